The molecule has 0 saturated heterocycles. The Morgan fingerprint density at radius 2 is 2.03 bits per heavy atom. The minimum Gasteiger partial charge on any atom is -0.282 e. The lowest BCUT2D eigenvalue weighted by atomic mass is 10.1. The summed E-state index contributed by atoms with van der Waals surface area (Å²) in [7, 11) is 0. The third-order valence-electron chi connectivity index (χ3n) is 4.91. The molecule has 0 spiro atoms. The molecule has 0 atom stereocenters. The number of fused-ring (bicyclic) bond motifs is 2. The number of amides is 1. The molecule has 1 fully saturated rings. The number of nitrogens with one attached hydrogen (secondary N) is 1. The van der Waals surface area contributed by atoms with Gasteiger partial charge in [0, 0.05) is 11.5 Å². The Bertz CT molecular complexity index is 1280. The van der Waals surface area contributed by atoms with Gasteiger partial charge >= 0.3 is 0 Å². The van der Waals surface area contributed by atoms with Crippen molar-refractivity contribution >= 4 is 56.6 Å². The Hall–Kier alpha value is -3.11. The van der Waals surface area contributed by atoms with Crippen LogP contribution in [0.2, 0.25) is 0 Å². The van der Waals surface area contributed by atoms with Crippen LogP contribution in [0.5, 0.6) is 0 Å². The van der Waals surface area contributed by atoms with Gasteiger partial charge in [0.1, 0.15) is 5.01 Å². The van der Waals surface area contributed by atoms with Gasteiger partial charge in [-0.3, -0.25) is 10.2 Å². The van der Waals surface area contributed by atoms with Gasteiger partial charge in [0.2, 0.25) is 4.96 Å². The van der Waals surface area contributed by atoms with Crippen molar-refractivity contribution in [3.8, 4) is 11.3 Å². The molecule has 3 aromatic rings. The highest BCUT2D eigenvalue weighted by Crippen LogP contribution is 2.42. The molecule has 4 heterocycles. The zero-order chi connectivity index (χ0) is 19.5. The molecule has 29 heavy (non-hydrogen) atoms. The number of carbonyl (C=O) groups is 1. The second-order valence-electron chi connectivity index (χ2n) is 6.88. The van der Waals surface area contributed by atoms with E-state index in [1.807, 2.05) is 30.3 Å². The lowest BCUT2D eigenvalue weighted by Crippen LogP contribution is -2.35. The van der Waals surface area contributed by atoms with Gasteiger partial charge in [-0.2, -0.15) is 20.2 Å². The normalized spacial score (nSPS) is 20.1. The standard InChI is InChI=1S/C19H13N7OS2/c20-15-12(16(27)23-18-26(15)21-9-28-18)8-13-14(10-4-2-1-3-5-10)22-19-25(13)24-17(29-19)11-6-7-11/h1-5,8-9,11,20H,6-7H2/b12-8-,20-15?. The second-order valence-corrected chi connectivity index (χ2v) is 8.68. The van der Waals surface area contributed by atoms with E-state index in [2.05, 4.69) is 10.1 Å². The number of hydrogen-bond acceptors (Lipinski definition) is 7. The molecule has 1 saturated carbocycles. The molecule has 2 aliphatic heterocycles. The van der Waals surface area contributed by atoms with E-state index in [0.29, 0.717) is 16.8 Å². The minimum absolute atomic E-state index is 0.00728. The summed E-state index contributed by atoms with van der Waals surface area (Å²) < 4.78 is 1.79. The number of amidine groups is 2. The first-order chi connectivity index (χ1) is 14.2. The number of aromatic nitrogens is 3. The van der Waals surface area contributed by atoms with Crippen LogP contribution in [0, 0.1) is 5.41 Å². The van der Waals surface area contributed by atoms with E-state index < -0.39 is 5.91 Å². The van der Waals surface area contributed by atoms with E-state index >= 15 is 0 Å². The maximum absolute atomic E-state index is 12.6. The highest BCUT2D eigenvalue weighted by Gasteiger charge is 2.34. The van der Waals surface area contributed by atoms with Crippen LogP contribution in [0.4, 0.5) is 0 Å². The first kappa shape index (κ1) is 16.8. The molecule has 2 aromatic heterocycles. The first-order valence-electron chi connectivity index (χ1n) is 9.07. The van der Waals surface area contributed by atoms with Crippen LogP contribution in [-0.2, 0) is 4.79 Å². The van der Waals surface area contributed by atoms with Crippen molar-refractivity contribution in [3.63, 3.8) is 0 Å². The lowest BCUT2D eigenvalue weighted by molar-refractivity contribution is -0.114. The van der Waals surface area contributed by atoms with Gasteiger partial charge in [0.05, 0.1) is 22.5 Å². The summed E-state index contributed by atoms with van der Waals surface area (Å²) in [5, 5.41) is 20.2. The SMILES string of the molecule is N=C1/C(=C/c2c(-c3ccccc3)nc3sc(C4CC4)nn23)C(=O)N=C2SC=NN12. The molecule has 1 aromatic carbocycles. The summed E-state index contributed by atoms with van der Waals surface area (Å²) in [6.45, 7) is 0. The van der Waals surface area contributed by atoms with E-state index in [0.717, 1.165) is 34.1 Å². The Morgan fingerprint density at radius 3 is 2.83 bits per heavy atom. The van der Waals surface area contributed by atoms with Crippen LogP contribution in [0.1, 0.15) is 29.5 Å². The number of thioether (sulfide) groups is 1. The molecule has 3 aliphatic rings. The topological polar surface area (TPSA) is 99.1 Å². The van der Waals surface area contributed by atoms with Crippen molar-refractivity contribution in [2.24, 2.45) is 10.1 Å². The minimum atomic E-state index is -0.453. The summed E-state index contributed by atoms with van der Waals surface area (Å²) in [5.74, 6) is 0.0684. The number of imidazole rings is 1. The Balaban J connectivity index is 1.55. The van der Waals surface area contributed by atoms with Crippen molar-refractivity contribution < 1.29 is 4.79 Å². The van der Waals surface area contributed by atoms with Crippen LogP contribution in [0.3, 0.4) is 0 Å². The molecule has 0 bridgehead atoms. The smallest absolute Gasteiger partial charge is 0.282 e. The fraction of sp³-hybridized carbons (Fsp3) is 0.158. The van der Waals surface area contributed by atoms with E-state index in [-0.39, 0.29) is 11.4 Å². The van der Waals surface area contributed by atoms with Gasteiger partial charge < -0.3 is 0 Å². The number of aliphatic imine (C=N–C) groups is 1. The molecule has 1 N–H and O–H groups in total. The van der Waals surface area contributed by atoms with Crippen molar-refractivity contribution in [3.05, 3.63) is 46.6 Å². The highest BCUT2D eigenvalue weighted by atomic mass is 32.2. The molecule has 0 unspecified atom stereocenters. The molecule has 1 aliphatic carbocycles. The van der Waals surface area contributed by atoms with Crippen LogP contribution in [-0.4, -0.2) is 42.1 Å². The average molecular weight is 419 g/mol. The second kappa shape index (κ2) is 6.19. The van der Waals surface area contributed by atoms with Crippen molar-refractivity contribution in [1.29, 1.82) is 5.41 Å². The maximum atomic E-state index is 12.6. The van der Waals surface area contributed by atoms with Crippen molar-refractivity contribution in [1.82, 2.24) is 19.6 Å². The molecule has 10 heteroatoms. The average Bonchev–Trinajstić information content (AvgIpc) is 3.18. The number of benzene rings is 1. The molecule has 8 nitrogen and oxygen atoms in total. The van der Waals surface area contributed by atoms with E-state index in [9.17, 15) is 4.79 Å². The number of carbonyl (C=O) groups excluding carboxylic acids is 1. The Morgan fingerprint density at radius 1 is 1.21 bits per heavy atom. The third kappa shape index (κ3) is 2.67. The molecule has 6 rings (SSSR count). The number of hydrazone groups is 1. The zero-order valence-electron chi connectivity index (χ0n) is 14.9. The fourth-order valence-electron chi connectivity index (χ4n) is 3.29. The van der Waals surface area contributed by atoms with Crippen LogP contribution < -0.4 is 0 Å². The van der Waals surface area contributed by atoms with E-state index in [4.69, 9.17) is 15.5 Å². The predicted octanol–water partition coefficient (Wildman–Crippen LogP) is 3.58. The van der Waals surface area contributed by atoms with Gasteiger partial charge in [0.25, 0.3) is 5.91 Å². The Kier molecular flexibility index (Phi) is 3.59. The summed E-state index contributed by atoms with van der Waals surface area (Å²) >= 11 is 2.81. The van der Waals surface area contributed by atoms with Crippen LogP contribution in [0.15, 0.2) is 46.0 Å². The molecule has 0 radical (unpaired) electrons. The summed E-state index contributed by atoms with van der Waals surface area (Å²) in [6.07, 6.45) is 3.98. The highest BCUT2D eigenvalue weighted by molar-refractivity contribution is 8.25. The van der Waals surface area contributed by atoms with Crippen molar-refractivity contribution in [2.75, 3.05) is 0 Å². The number of hydrogen-bond donors (Lipinski definition) is 1. The van der Waals surface area contributed by atoms with Crippen molar-refractivity contribution in [2.45, 2.75) is 18.8 Å². The monoisotopic (exact) mass is 419 g/mol. The quantitative estimate of drug-likeness (QED) is 0.654. The van der Waals surface area contributed by atoms with Gasteiger partial charge in [-0.1, -0.05) is 41.7 Å². The Labute approximate surface area is 173 Å². The zero-order valence-corrected chi connectivity index (χ0v) is 16.6. The molecule has 142 valence electrons. The summed E-state index contributed by atoms with van der Waals surface area (Å²) in [4.78, 5) is 22.3. The van der Waals surface area contributed by atoms with E-state index in [1.54, 1.807) is 27.5 Å². The molecule has 1 amide bonds. The van der Waals surface area contributed by atoms with Gasteiger partial charge in [-0.25, -0.2) is 9.50 Å². The van der Waals surface area contributed by atoms with Gasteiger partial charge in [-0.15, -0.1) is 0 Å². The maximum Gasteiger partial charge on any atom is 0.283 e. The molecular weight excluding hydrogens is 406 g/mol. The van der Waals surface area contributed by atoms with Gasteiger partial charge in [0.15, 0.2) is 11.0 Å². The fourth-order valence-corrected chi connectivity index (χ4v) is 4.97. The third-order valence-corrected chi connectivity index (χ3v) is 6.65. The summed E-state index contributed by atoms with van der Waals surface area (Å²) in [6, 6.07) is 9.79. The van der Waals surface area contributed by atoms with E-state index in [1.165, 1.54) is 16.8 Å². The number of nitrogens with zero attached hydrogens (tertiary/aromatic N) is 6. The number of rotatable bonds is 3. The largest absolute Gasteiger partial charge is 0.283 e. The summed E-state index contributed by atoms with van der Waals surface area (Å²) in [5.41, 5.74) is 4.08. The predicted molar refractivity (Wildman–Crippen MR) is 114 cm³/mol. The lowest BCUT2D eigenvalue weighted by Gasteiger charge is -2.20. The van der Waals surface area contributed by atoms with Crippen LogP contribution in [0.25, 0.3) is 22.3 Å². The van der Waals surface area contributed by atoms with Gasteiger partial charge in [-0.05, 0) is 30.7 Å². The van der Waals surface area contributed by atoms with Crippen LogP contribution >= 0.6 is 23.1 Å². The molecular formula is C19H13N7OS2. The first-order valence-corrected chi connectivity index (χ1v) is 10.8.